The summed E-state index contributed by atoms with van der Waals surface area (Å²) in [5.74, 6) is 0.421. The van der Waals surface area contributed by atoms with Crippen LogP contribution in [0.3, 0.4) is 0 Å². The lowest BCUT2D eigenvalue weighted by atomic mass is 9.95. The molecule has 2 aromatic heterocycles. The van der Waals surface area contributed by atoms with Gasteiger partial charge in [-0.05, 0) is 32.8 Å². The first kappa shape index (κ1) is 15.6. The number of rotatable bonds is 3. The van der Waals surface area contributed by atoms with E-state index in [1.807, 2.05) is 28.0 Å². The molecule has 0 radical (unpaired) electrons. The number of amides is 1. The lowest BCUT2D eigenvalue weighted by molar-refractivity contribution is -0.130. The highest BCUT2D eigenvalue weighted by atomic mass is 16.2. The fraction of sp³-hybridized carbons (Fsp3) is 0.529. The van der Waals surface area contributed by atoms with Gasteiger partial charge in [-0.25, -0.2) is 0 Å². The summed E-state index contributed by atoms with van der Waals surface area (Å²) in [6.45, 7) is 7.41. The van der Waals surface area contributed by atoms with Crippen LogP contribution in [0, 0.1) is 0 Å². The molecule has 1 fully saturated rings. The first-order valence-electron chi connectivity index (χ1n) is 8.17. The average Bonchev–Trinajstić information content (AvgIpc) is 3.05. The molecule has 1 aliphatic heterocycles. The Labute approximate surface area is 136 Å². The van der Waals surface area contributed by atoms with Gasteiger partial charge in [-0.1, -0.05) is 0 Å². The molecular formula is C17H23N5O. The molecule has 0 bridgehead atoms. The van der Waals surface area contributed by atoms with Crippen LogP contribution in [0.1, 0.15) is 51.3 Å². The maximum absolute atomic E-state index is 11.6. The SMILES string of the molecule is CC(=O)N1CCC[C@H](c2cnc(-c3ccnn3C(C)C)cn2)C1. The molecule has 6 nitrogen and oxygen atoms in total. The summed E-state index contributed by atoms with van der Waals surface area (Å²) in [5.41, 5.74) is 2.78. The highest BCUT2D eigenvalue weighted by Crippen LogP contribution is 2.26. The van der Waals surface area contributed by atoms with Gasteiger partial charge in [0.2, 0.25) is 5.91 Å². The Morgan fingerprint density at radius 3 is 2.78 bits per heavy atom. The molecule has 1 atom stereocenters. The Morgan fingerprint density at radius 2 is 2.13 bits per heavy atom. The largest absolute Gasteiger partial charge is 0.342 e. The van der Waals surface area contributed by atoms with Crippen LogP contribution < -0.4 is 0 Å². The minimum atomic E-state index is 0.139. The van der Waals surface area contributed by atoms with E-state index in [0.717, 1.165) is 43.0 Å². The zero-order valence-corrected chi connectivity index (χ0v) is 13.9. The molecule has 0 saturated carbocycles. The van der Waals surface area contributed by atoms with Gasteiger partial charge in [-0.2, -0.15) is 5.10 Å². The van der Waals surface area contributed by atoms with Crippen LogP contribution in [0.2, 0.25) is 0 Å². The predicted octanol–water partition coefficient (Wildman–Crippen LogP) is 2.65. The Balaban J connectivity index is 1.79. The number of carbonyl (C=O) groups is 1. The third kappa shape index (κ3) is 3.25. The highest BCUT2D eigenvalue weighted by Gasteiger charge is 2.24. The summed E-state index contributed by atoms with van der Waals surface area (Å²) in [6.07, 6.45) is 7.53. The summed E-state index contributed by atoms with van der Waals surface area (Å²) >= 11 is 0. The van der Waals surface area contributed by atoms with Gasteiger partial charge in [0.05, 0.1) is 17.6 Å². The highest BCUT2D eigenvalue weighted by molar-refractivity contribution is 5.73. The van der Waals surface area contributed by atoms with Gasteiger partial charge >= 0.3 is 0 Å². The molecule has 23 heavy (non-hydrogen) atoms. The van der Waals surface area contributed by atoms with Crippen LogP contribution in [-0.4, -0.2) is 43.6 Å². The van der Waals surface area contributed by atoms with Crippen LogP contribution in [0.5, 0.6) is 0 Å². The Morgan fingerprint density at radius 1 is 1.30 bits per heavy atom. The fourth-order valence-electron chi connectivity index (χ4n) is 3.11. The van der Waals surface area contributed by atoms with E-state index in [9.17, 15) is 4.79 Å². The van der Waals surface area contributed by atoms with Gasteiger partial charge in [0.15, 0.2) is 0 Å². The third-order valence-electron chi connectivity index (χ3n) is 4.38. The van der Waals surface area contributed by atoms with Crippen molar-refractivity contribution in [2.45, 2.75) is 45.6 Å². The normalized spacial score (nSPS) is 18.4. The van der Waals surface area contributed by atoms with Gasteiger partial charge in [0.25, 0.3) is 0 Å². The topological polar surface area (TPSA) is 63.9 Å². The molecule has 0 spiro atoms. The van der Waals surface area contributed by atoms with Crippen molar-refractivity contribution in [3.8, 4) is 11.4 Å². The zero-order chi connectivity index (χ0) is 16.4. The summed E-state index contributed by atoms with van der Waals surface area (Å²) in [6, 6.07) is 2.24. The molecule has 0 aliphatic carbocycles. The summed E-state index contributed by atoms with van der Waals surface area (Å²) in [5, 5.41) is 4.34. The molecule has 0 aromatic carbocycles. The quantitative estimate of drug-likeness (QED) is 0.874. The minimum Gasteiger partial charge on any atom is -0.342 e. The van der Waals surface area contributed by atoms with Crippen LogP contribution in [0.15, 0.2) is 24.7 Å². The van der Waals surface area contributed by atoms with Crippen molar-refractivity contribution in [3.05, 3.63) is 30.4 Å². The van der Waals surface area contributed by atoms with E-state index in [1.54, 1.807) is 13.1 Å². The fourth-order valence-corrected chi connectivity index (χ4v) is 3.11. The van der Waals surface area contributed by atoms with Gasteiger partial charge in [0.1, 0.15) is 5.69 Å². The molecular weight excluding hydrogens is 290 g/mol. The van der Waals surface area contributed by atoms with Crippen LogP contribution in [0.25, 0.3) is 11.4 Å². The lowest BCUT2D eigenvalue weighted by Gasteiger charge is -2.31. The first-order valence-corrected chi connectivity index (χ1v) is 8.17. The Bertz CT molecular complexity index is 677. The molecule has 3 rings (SSSR count). The number of aromatic nitrogens is 4. The second-order valence-electron chi connectivity index (χ2n) is 6.39. The van der Waals surface area contributed by atoms with Crippen molar-refractivity contribution in [2.24, 2.45) is 0 Å². The number of piperidine rings is 1. The monoisotopic (exact) mass is 313 g/mol. The maximum atomic E-state index is 11.6. The van der Waals surface area contributed by atoms with Gasteiger partial charge < -0.3 is 4.90 Å². The van der Waals surface area contributed by atoms with Crippen molar-refractivity contribution < 1.29 is 4.79 Å². The van der Waals surface area contributed by atoms with Crippen molar-refractivity contribution in [2.75, 3.05) is 13.1 Å². The molecule has 122 valence electrons. The Hall–Kier alpha value is -2.24. The standard InChI is InChI=1S/C17H23N5O/c1-12(2)22-17(6-7-20-22)16-10-18-15(9-19-16)14-5-4-8-21(11-14)13(3)23/h6-7,9-10,12,14H,4-5,8,11H2,1-3H3/t14-/m0/s1. The van der Waals surface area contributed by atoms with E-state index in [4.69, 9.17) is 0 Å². The molecule has 1 amide bonds. The van der Waals surface area contributed by atoms with Crippen LogP contribution >= 0.6 is 0 Å². The van der Waals surface area contributed by atoms with Crippen LogP contribution in [-0.2, 0) is 4.79 Å². The van der Waals surface area contributed by atoms with E-state index < -0.39 is 0 Å². The number of carbonyl (C=O) groups excluding carboxylic acids is 1. The Kier molecular flexibility index (Phi) is 4.41. The van der Waals surface area contributed by atoms with Crippen molar-refractivity contribution in [3.63, 3.8) is 0 Å². The third-order valence-corrected chi connectivity index (χ3v) is 4.38. The van der Waals surface area contributed by atoms with Crippen molar-refractivity contribution in [1.29, 1.82) is 0 Å². The molecule has 2 aromatic rings. The smallest absolute Gasteiger partial charge is 0.219 e. The van der Waals surface area contributed by atoms with Gasteiger partial charge in [0, 0.05) is 44.4 Å². The second-order valence-corrected chi connectivity index (χ2v) is 6.39. The minimum absolute atomic E-state index is 0.139. The van der Waals surface area contributed by atoms with E-state index in [0.29, 0.717) is 0 Å². The molecule has 3 heterocycles. The van der Waals surface area contributed by atoms with E-state index >= 15 is 0 Å². The van der Waals surface area contributed by atoms with Gasteiger partial charge in [-0.3, -0.25) is 19.4 Å². The number of likely N-dealkylation sites (tertiary alicyclic amines) is 1. The van der Waals surface area contributed by atoms with E-state index in [-0.39, 0.29) is 17.9 Å². The lowest BCUT2D eigenvalue weighted by Crippen LogP contribution is -2.37. The number of hydrogen-bond acceptors (Lipinski definition) is 4. The molecule has 6 heteroatoms. The summed E-state index contributed by atoms with van der Waals surface area (Å²) in [4.78, 5) is 22.7. The summed E-state index contributed by atoms with van der Waals surface area (Å²) < 4.78 is 1.95. The second kappa shape index (κ2) is 6.48. The van der Waals surface area contributed by atoms with Crippen molar-refractivity contribution >= 4 is 5.91 Å². The maximum Gasteiger partial charge on any atom is 0.219 e. The molecule has 1 saturated heterocycles. The van der Waals surface area contributed by atoms with E-state index in [2.05, 4.69) is 28.9 Å². The summed E-state index contributed by atoms with van der Waals surface area (Å²) in [7, 11) is 0. The molecule has 1 aliphatic rings. The first-order chi connectivity index (χ1) is 11.1. The van der Waals surface area contributed by atoms with E-state index in [1.165, 1.54) is 0 Å². The van der Waals surface area contributed by atoms with Gasteiger partial charge in [-0.15, -0.1) is 0 Å². The zero-order valence-electron chi connectivity index (χ0n) is 13.9. The molecule has 0 unspecified atom stereocenters. The predicted molar refractivity (Wildman–Crippen MR) is 87.9 cm³/mol. The molecule has 0 N–H and O–H groups in total. The number of nitrogens with zero attached hydrogens (tertiary/aromatic N) is 5. The number of hydrogen-bond donors (Lipinski definition) is 0. The average molecular weight is 313 g/mol. The van der Waals surface area contributed by atoms with Crippen LogP contribution in [0.4, 0.5) is 0 Å². The van der Waals surface area contributed by atoms with Crippen molar-refractivity contribution in [1.82, 2.24) is 24.6 Å².